The smallest absolute Gasteiger partial charge is 0.261 e. The lowest BCUT2D eigenvalue weighted by atomic mass is 10.1. The first-order chi connectivity index (χ1) is 12.1. The first-order valence-corrected chi connectivity index (χ1v) is 8.28. The van der Waals surface area contributed by atoms with E-state index in [1.165, 1.54) is 24.3 Å². The molecule has 0 spiro atoms. The minimum absolute atomic E-state index is 0.0712. The molecule has 1 atom stereocenters. The summed E-state index contributed by atoms with van der Waals surface area (Å²) in [6.45, 7) is 2.43. The fourth-order valence-corrected chi connectivity index (χ4v) is 3.02. The predicted molar refractivity (Wildman–Crippen MR) is 91.9 cm³/mol. The number of aromatic nitrogens is 2. The van der Waals surface area contributed by atoms with Crippen LogP contribution in [0.1, 0.15) is 30.4 Å². The van der Waals surface area contributed by atoms with Crippen molar-refractivity contribution in [3.8, 4) is 5.75 Å². The highest BCUT2D eigenvalue weighted by Crippen LogP contribution is 2.31. The molecular formula is C18H21FN4O2. The van der Waals surface area contributed by atoms with Gasteiger partial charge in [-0.15, -0.1) is 0 Å². The zero-order valence-electron chi connectivity index (χ0n) is 14.3. The Morgan fingerprint density at radius 2 is 2.12 bits per heavy atom. The summed E-state index contributed by atoms with van der Waals surface area (Å²) in [4.78, 5) is 23.2. The lowest BCUT2D eigenvalue weighted by Gasteiger charge is -2.24. The number of halogens is 1. The van der Waals surface area contributed by atoms with Crippen molar-refractivity contribution in [2.24, 2.45) is 0 Å². The maximum Gasteiger partial charge on any atom is 0.261 e. The van der Waals surface area contributed by atoms with Crippen LogP contribution < -0.4 is 10.1 Å². The SMILES string of the molecule is CNc1cc(C2CCCN2C(=O)COc2ccc(F)cc2)nc(C)n1. The number of ether oxygens (including phenoxy) is 1. The second-order valence-corrected chi connectivity index (χ2v) is 5.96. The van der Waals surface area contributed by atoms with E-state index in [2.05, 4.69) is 15.3 Å². The van der Waals surface area contributed by atoms with Crippen molar-refractivity contribution in [2.75, 3.05) is 25.5 Å². The molecule has 1 fully saturated rings. The van der Waals surface area contributed by atoms with Gasteiger partial charge in [-0.2, -0.15) is 0 Å². The van der Waals surface area contributed by atoms with E-state index in [4.69, 9.17) is 4.74 Å². The van der Waals surface area contributed by atoms with Gasteiger partial charge in [-0.25, -0.2) is 14.4 Å². The van der Waals surface area contributed by atoms with E-state index in [-0.39, 0.29) is 24.4 Å². The van der Waals surface area contributed by atoms with Crippen molar-refractivity contribution in [3.63, 3.8) is 0 Å². The second-order valence-electron chi connectivity index (χ2n) is 5.96. The number of likely N-dealkylation sites (tertiary alicyclic amines) is 1. The first kappa shape index (κ1) is 17.1. The maximum absolute atomic E-state index is 12.9. The Kier molecular flexibility index (Phi) is 5.11. The van der Waals surface area contributed by atoms with Crippen molar-refractivity contribution in [2.45, 2.75) is 25.8 Å². The Balaban J connectivity index is 1.69. The summed E-state index contributed by atoms with van der Waals surface area (Å²) in [5.41, 5.74) is 0.837. The monoisotopic (exact) mass is 344 g/mol. The summed E-state index contributed by atoms with van der Waals surface area (Å²) in [5.74, 6) is 1.45. The third-order valence-electron chi connectivity index (χ3n) is 4.20. The van der Waals surface area contributed by atoms with Gasteiger partial charge in [0.25, 0.3) is 5.91 Å². The number of aryl methyl sites for hydroxylation is 1. The molecule has 1 aromatic carbocycles. The Hall–Kier alpha value is -2.70. The normalized spacial score (nSPS) is 16.8. The van der Waals surface area contributed by atoms with Crippen LogP contribution in [0.2, 0.25) is 0 Å². The summed E-state index contributed by atoms with van der Waals surface area (Å²) < 4.78 is 18.4. The summed E-state index contributed by atoms with van der Waals surface area (Å²) in [6, 6.07) is 7.44. The van der Waals surface area contributed by atoms with Gasteiger partial charge in [-0.05, 0) is 44.0 Å². The summed E-state index contributed by atoms with van der Waals surface area (Å²) in [5, 5.41) is 3.02. The number of hydrogen-bond donors (Lipinski definition) is 1. The lowest BCUT2D eigenvalue weighted by Crippen LogP contribution is -2.35. The minimum atomic E-state index is -0.335. The van der Waals surface area contributed by atoms with Crippen LogP contribution in [0.4, 0.5) is 10.2 Å². The first-order valence-electron chi connectivity index (χ1n) is 8.28. The molecule has 2 heterocycles. The van der Waals surface area contributed by atoms with Gasteiger partial charge in [0.1, 0.15) is 23.2 Å². The van der Waals surface area contributed by atoms with Gasteiger partial charge in [0.2, 0.25) is 0 Å². The Morgan fingerprint density at radius 3 is 2.84 bits per heavy atom. The molecule has 0 saturated carbocycles. The number of hydrogen-bond acceptors (Lipinski definition) is 5. The molecule has 1 unspecified atom stereocenters. The van der Waals surface area contributed by atoms with Crippen molar-refractivity contribution in [1.82, 2.24) is 14.9 Å². The molecule has 6 nitrogen and oxygen atoms in total. The molecule has 2 aromatic rings. The van der Waals surface area contributed by atoms with Gasteiger partial charge in [0.05, 0.1) is 11.7 Å². The molecule has 132 valence electrons. The molecule has 1 aliphatic heterocycles. The Labute approximate surface area is 146 Å². The molecule has 25 heavy (non-hydrogen) atoms. The number of carbonyl (C=O) groups excluding carboxylic acids is 1. The Bertz CT molecular complexity index is 751. The molecule has 3 rings (SSSR count). The van der Waals surface area contributed by atoms with Crippen LogP contribution in [0.25, 0.3) is 0 Å². The summed E-state index contributed by atoms with van der Waals surface area (Å²) >= 11 is 0. The van der Waals surface area contributed by atoms with Gasteiger partial charge in [-0.1, -0.05) is 0 Å². The topological polar surface area (TPSA) is 67.4 Å². The summed E-state index contributed by atoms with van der Waals surface area (Å²) in [7, 11) is 1.81. The molecule has 0 bridgehead atoms. The molecule has 7 heteroatoms. The van der Waals surface area contributed by atoms with Gasteiger partial charge < -0.3 is 15.0 Å². The number of nitrogens with zero attached hydrogens (tertiary/aromatic N) is 3. The number of amides is 1. The number of anilines is 1. The van der Waals surface area contributed by atoms with E-state index < -0.39 is 0 Å². The van der Waals surface area contributed by atoms with Crippen LogP contribution in [0.5, 0.6) is 5.75 Å². The summed E-state index contributed by atoms with van der Waals surface area (Å²) in [6.07, 6.45) is 1.78. The molecule has 1 aromatic heterocycles. The predicted octanol–water partition coefficient (Wildman–Crippen LogP) is 2.71. The largest absolute Gasteiger partial charge is 0.484 e. The highest BCUT2D eigenvalue weighted by atomic mass is 19.1. The van der Waals surface area contributed by atoms with Gasteiger partial charge in [0.15, 0.2) is 6.61 Å². The van der Waals surface area contributed by atoms with E-state index in [9.17, 15) is 9.18 Å². The number of rotatable bonds is 5. The standard InChI is InChI=1S/C18H21FN4O2/c1-12-21-15(10-17(20-2)22-12)16-4-3-9-23(16)18(24)11-25-14-7-5-13(19)6-8-14/h5-8,10,16H,3-4,9,11H2,1-2H3,(H,20,21,22). The third kappa shape index (κ3) is 4.04. The molecule has 0 aliphatic carbocycles. The fraction of sp³-hybridized carbons (Fsp3) is 0.389. The number of nitrogens with one attached hydrogen (secondary N) is 1. The van der Waals surface area contributed by atoms with Crippen LogP contribution in [-0.2, 0) is 4.79 Å². The van der Waals surface area contributed by atoms with Gasteiger partial charge in [-0.3, -0.25) is 4.79 Å². The number of benzene rings is 1. The van der Waals surface area contributed by atoms with Gasteiger partial charge in [0, 0.05) is 19.7 Å². The molecule has 0 radical (unpaired) electrons. The van der Waals surface area contributed by atoms with Crippen molar-refractivity contribution < 1.29 is 13.9 Å². The van der Waals surface area contributed by atoms with Crippen LogP contribution in [0, 0.1) is 12.7 Å². The highest BCUT2D eigenvalue weighted by molar-refractivity contribution is 5.78. The number of carbonyl (C=O) groups is 1. The lowest BCUT2D eigenvalue weighted by molar-refractivity contribution is -0.134. The van der Waals surface area contributed by atoms with Crippen LogP contribution in [-0.4, -0.2) is 41.0 Å². The molecule has 1 amide bonds. The van der Waals surface area contributed by atoms with E-state index >= 15 is 0 Å². The van der Waals surface area contributed by atoms with E-state index in [1.807, 2.05) is 13.0 Å². The average molecular weight is 344 g/mol. The van der Waals surface area contributed by atoms with Gasteiger partial charge >= 0.3 is 0 Å². The van der Waals surface area contributed by atoms with Crippen LogP contribution in [0.3, 0.4) is 0 Å². The fourth-order valence-electron chi connectivity index (χ4n) is 3.02. The zero-order valence-corrected chi connectivity index (χ0v) is 14.3. The van der Waals surface area contributed by atoms with Crippen molar-refractivity contribution in [3.05, 3.63) is 47.7 Å². The second kappa shape index (κ2) is 7.46. The average Bonchev–Trinajstić information content (AvgIpc) is 3.10. The van der Waals surface area contributed by atoms with E-state index in [1.54, 1.807) is 11.9 Å². The van der Waals surface area contributed by atoms with E-state index in [0.717, 1.165) is 24.4 Å². The molecule has 1 aliphatic rings. The van der Waals surface area contributed by atoms with Crippen molar-refractivity contribution in [1.29, 1.82) is 0 Å². The minimum Gasteiger partial charge on any atom is -0.484 e. The zero-order chi connectivity index (χ0) is 17.8. The molecule has 1 N–H and O–H groups in total. The van der Waals surface area contributed by atoms with Crippen molar-refractivity contribution >= 4 is 11.7 Å². The highest BCUT2D eigenvalue weighted by Gasteiger charge is 2.31. The molecular weight excluding hydrogens is 323 g/mol. The maximum atomic E-state index is 12.9. The third-order valence-corrected chi connectivity index (χ3v) is 4.20. The van der Waals surface area contributed by atoms with E-state index in [0.29, 0.717) is 18.1 Å². The quantitative estimate of drug-likeness (QED) is 0.903. The van der Waals surface area contributed by atoms with Crippen LogP contribution >= 0.6 is 0 Å². The molecule has 1 saturated heterocycles. The van der Waals surface area contributed by atoms with Crippen LogP contribution in [0.15, 0.2) is 30.3 Å². The Morgan fingerprint density at radius 1 is 1.36 bits per heavy atom.